The fourth-order valence-corrected chi connectivity index (χ4v) is 11.9. The molecular formula is C18H29OSi. The number of hydrogen-bond acceptors (Lipinski definition) is 1. The molecule has 1 unspecified atom stereocenters. The topological polar surface area (TPSA) is 17.1 Å². The Morgan fingerprint density at radius 2 is 1.55 bits per heavy atom. The Kier molecular flexibility index (Phi) is 5.75. The number of ketones is 1. The van der Waals surface area contributed by atoms with Crippen LogP contribution < -0.4 is 0 Å². The fraction of sp³-hybridized carbons (Fsp3) is 0.611. The molecule has 0 fully saturated rings. The summed E-state index contributed by atoms with van der Waals surface area (Å²) in [6, 6.07) is 11.2. The van der Waals surface area contributed by atoms with E-state index in [9.17, 15) is 4.79 Å². The lowest BCUT2D eigenvalue weighted by Crippen LogP contribution is -2.52. The minimum absolute atomic E-state index is 0.0833. The van der Waals surface area contributed by atoms with Crippen molar-refractivity contribution in [1.82, 2.24) is 0 Å². The van der Waals surface area contributed by atoms with Gasteiger partial charge < -0.3 is 0 Å². The van der Waals surface area contributed by atoms with E-state index in [1.807, 2.05) is 18.2 Å². The second-order valence-electron chi connectivity index (χ2n) is 6.84. The van der Waals surface area contributed by atoms with Crippen molar-refractivity contribution in [3.63, 3.8) is 0 Å². The summed E-state index contributed by atoms with van der Waals surface area (Å²) in [6.45, 7) is 15.7. The summed E-state index contributed by atoms with van der Waals surface area (Å²) >= 11 is 0. The lowest BCUT2D eigenvalue weighted by molar-refractivity contribution is -0.117. The van der Waals surface area contributed by atoms with Gasteiger partial charge in [0.05, 0.1) is 8.07 Å². The van der Waals surface area contributed by atoms with Crippen LogP contribution in [0.3, 0.4) is 0 Å². The molecule has 0 saturated heterocycles. The predicted octanol–water partition coefficient (Wildman–Crippen LogP) is 5.38. The van der Waals surface area contributed by atoms with Gasteiger partial charge in [-0.3, -0.25) is 4.79 Å². The monoisotopic (exact) mass is 289 g/mol. The Labute approximate surface area is 125 Å². The van der Waals surface area contributed by atoms with Crippen LogP contribution in [0.5, 0.6) is 0 Å². The van der Waals surface area contributed by atoms with Gasteiger partial charge in [0.25, 0.3) is 0 Å². The highest BCUT2D eigenvalue weighted by Crippen LogP contribution is 2.50. The van der Waals surface area contributed by atoms with Gasteiger partial charge in [-0.25, -0.2) is 0 Å². The van der Waals surface area contributed by atoms with Crippen LogP contribution in [0.4, 0.5) is 0 Å². The molecule has 0 N–H and O–H groups in total. The first kappa shape index (κ1) is 17.2. The molecule has 20 heavy (non-hydrogen) atoms. The van der Waals surface area contributed by atoms with Gasteiger partial charge in [0, 0.05) is 5.54 Å². The van der Waals surface area contributed by atoms with Crippen molar-refractivity contribution >= 4 is 13.9 Å². The van der Waals surface area contributed by atoms with Crippen molar-refractivity contribution in [1.29, 1.82) is 0 Å². The van der Waals surface area contributed by atoms with Gasteiger partial charge >= 0.3 is 0 Å². The van der Waals surface area contributed by atoms with Crippen LogP contribution in [-0.4, -0.2) is 13.9 Å². The third-order valence-corrected chi connectivity index (χ3v) is 12.7. The summed E-state index contributed by atoms with van der Waals surface area (Å²) in [5, 5.41) is 0. The average Bonchev–Trinajstić information content (AvgIpc) is 2.34. The van der Waals surface area contributed by atoms with Crippen LogP contribution in [0.15, 0.2) is 24.3 Å². The molecule has 0 amide bonds. The van der Waals surface area contributed by atoms with Gasteiger partial charge in [-0.05, 0) is 35.2 Å². The third kappa shape index (κ3) is 2.90. The zero-order chi connectivity index (χ0) is 15.5. The molecule has 0 aromatic heterocycles. The van der Waals surface area contributed by atoms with Gasteiger partial charge in [0.1, 0.15) is 5.78 Å². The highest BCUT2D eigenvalue weighted by Gasteiger charge is 2.51. The quantitative estimate of drug-likeness (QED) is 0.643. The number of rotatable bonds is 6. The normalized spacial score (nSPS) is 14.1. The first-order valence-electron chi connectivity index (χ1n) is 7.72. The van der Waals surface area contributed by atoms with Crippen molar-refractivity contribution in [3.8, 4) is 0 Å². The van der Waals surface area contributed by atoms with E-state index in [1.54, 1.807) is 6.92 Å². The zero-order valence-corrected chi connectivity index (χ0v) is 15.0. The largest absolute Gasteiger partial charge is 0.300 e. The number of hydrogen-bond donors (Lipinski definition) is 0. The molecular weight excluding hydrogens is 260 g/mol. The van der Waals surface area contributed by atoms with Crippen LogP contribution in [0.2, 0.25) is 16.6 Å². The second-order valence-corrected chi connectivity index (χ2v) is 12.9. The third-order valence-electron chi connectivity index (χ3n) is 4.97. The molecule has 0 aliphatic heterocycles. The molecule has 1 aromatic rings. The minimum atomic E-state index is -1.83. The van der Waals surface area contributed by atoms with Gasteiger partial charge in [-0.1, -0.05) is 65.8 Å². The van der Waals surface area contributed by atoms with Crippen LogP contribution in [0.1, 0.15) is 59.6 Å². The summed E-state index contributed by atoms with van der Waals surface area (Å²) in [4.78, 5) is 12.5. The highest BCUT2D eigenvalue weighted by molar-refractivity contribution is 6.87. The van der Waals surface area contributed by atoms with E-state index >= 15 is 0 Å². The Morgan fingerprint density at radius 1 is 1.05 bits per heavy atom. The fourth-order valence-electron chi connectivity index (χ4n) is 4.46. The van der Waals surface area contributed by atoms with Crippen molar-refractivity contribution in [2.75, 3.05) is 0 Å². The Bertz CT molecular complexity index is 412. The predicted molar refractivity (Wildman–Crippen MR) is 89.7 cm³/mol. The Balaban J connectivity index is 3.52. The van der Waals surface area contributed by atoms with Crippen molar-refractivity contribution < 1.29 is 4.79 Å². The average molecular weight is 290 g/mol. The molecule has 2 heteroatoms. The molecule has 1 aromatic carbocycles. The molecule has 0 bridgehead atoms. The molecule has 1 radical (unpaired) electrons. The molecule has 1 nitrogen and oxygen atoms in total. The van der Waals surface area contributed by atoms with E-state index < -0.39 is 8.07 Å². The Morgan fingerprint density at radius 3 is 1.85 bits per heavy atom. The van der Waals surface area contributed by atoms with Crippen LogP contribution in [0, 0.1) is 6.07 Å². The summed E-state index contributed by atoms with van der Waals surface area (Å²) in [7, 11) is -1.83. The standard InChI is InChI=1S/C18H29OSi/c1-13(2)20(14(3)4,15(5)6)18(16(7)19)17-11-9-8-10-12-17/h8-9,11-15,18H,1-7H3. The summed E-state index contributed by atoms with van der Waals surface area (Å²) in [6.07, 6.45) is 0. The van der Waals surface area contributed by atoms with Crippen molar-refractivity contribution in [3.05, 3.63) is 35.9 Å². The van der Waals surface area contributed by atoms with Gasteiger partial charge in [-0.15, -0.1) is 0 Å². The van der Waals surface area contributed by atoms with Gasteiger partial charge in [0.2, 0.25) is 0 Å². The molecule has 111 valence electrons. The molecule has 1 rings (SSSR count). The first-order valence-corrected chi connectivity index (χ1v) is 10.0. The molecule has 1 atom stereocenters. The summed E-state index contributed by atoms with van der Waals surface area (Å²) < 4.78 is 0. The second kappa shape index (κ2) is 6.71. The van der Waals surface area contributed by atoms with E-state index in [4.69, 9.17) is 0 Å². The highest BCUT2D eigenvalue weighted by atomic mass is 28.3. The lowest BCUT2D eigenvalue weighted by atomic mass is 10.1. The molecule has 0 aliphatic rings. The van der Waals surface area contributed by atoms with Crippen LogP contribution in [0.25, 0.3) is 0 Å². The van der Waals surface area contributed by atoms with Crippen molar-refractivity contribution in [2.45, 2.75) is 70.6 Å². The van der Waals surface area contributed by atoms with Crippen LogP contribution in [-0.2, 0) is 4.79 Å². The maximum absolute atomic E-state index is 12.5. The summed E-state index contributed by atoms with van der Waals surface area (Å²) in [5.41, 5.74) is 2.99. The van der Waals surface area contributed by atoms with E-state index in [2.05, 4.69) is 53.7 Å². The lowest BCUT2D eigenvalue weighted by Gasteiger charge is -2.48. The molecule has 0 heterocycles. The number of carbonyl (C=O) groups excluding carboxylic acids is 1. The maximum atomic E-state index is 12.5. The summed E-state index contributed by atoms with van der Waals surface area (Å²) in [5.74, 6) is 0.326. The SMILES string of the molecule is CC(=O)C(c1c[c]ccc1)[Si](C(C)C)(C(C)C)C(C)C. The Hall–Kier alpha value is -0.893. The smallest absolute Gasteiger partial charge is 0.134 e. The van der Waals surface area contributed by atoms with E-state index in [-0.39, 0.29) is 5.54 Å². The van der Waals surface area contributed by atoms with Crippen LogP contribution >= 0.6 is 0 Å². The number of benzene rings is 1. The van der Waals surface area contributed by atoms with Gasteiger partial charge in [-0.2, -0.15) is 0 Å². The zero-order valence-electron chi connectivity index (χ0n) is 14.0. The first-order chi connectivity index (χ1) is 9.26. The molecule has 0 aliphatic carbocycles. The van der Waals surface area contributed by atoms with Gasteiger partial charge in [0.15, 0.2) is 0 Å². The maximum Gasteiger partial charge on any atom is 0.134 e. The van der Waals surface area contributed by atoms with E-state index in [0.29, 0.717) is 22.4 Å². The van der Waals surface area contributed by atoms with E-state index in [0.717, 1.165) is 0 Å². The molecule has 0 saturated carbocycles. The molecule has 0 spiro atoms. The minimum Gasteiger partial charge on any atom is -0.300 e. The van der Waals surface area contributed by atoms with E-state index in [1.165, 1.54) is 5.56 Å². The number of Topliss-reactive ketones (excluding diaryl/α,β-unsaturated/α-hetero) is 1. The van der Waals surface area contributed by atoms with Crippen molar-refractivity contribution in [2.24, 2.45) is 0 Å². The number of carbonyl (C=O) groups is 1.